The van der Waals surface area contributed by atoms with Crippen molar-refractivity contribution in [3.8, 4) is 12.1 Å². The first-order valence-corrected chi connectivity index (χ1v) is 7.02. The molecule has 2 N–H and O–H groups in total. The van der Waals surface area contributed by atoms with Crippen LogP contribution in [0.1, 0.15) is 18.1 Å². The largest absolute Gasteiger partial charge is 0.396 e. The van der Waals surface area contributed by atoms with E-state index in [1.807, 2.05) is 49.5 Å². The summed E-state index contributed by atoms with van der Waals surface area (Å²) in [7, 11) is 1.83. The van der Waals surface area contributed by atoms with Crippen LogP contribution in [0, 0.1) is 22.7 Å². The maximum absolute atomic E-state index is 9.06. The summed E-state index contributed by atoms with van der Waals surface area (Å²) >= 11 is 0. The van der Waals surface area contributed by atoms with Gasteiger partial charge in [-0.05, 0) is 29.9 Å². The van der Waals surface area contributed by atoms with Gasteiger partial charge in [0.2, 0.25) is 0 Å². The minimum atomic E-state index is 0.118. The van der Waals surface area contributed by atoms with Crippen LogP contribution in [-0.2, 0) is 6.42 Å². The third-order valence-corrected chi connectivity index (χ3v) is 3.74. The lowest BCUT2D eigenvalue weighted by Crippen LogP contribution is -1.98. The Balaban J connectivity index is 2.70. The number of nitrogens with one attached hydrogen (secondary N) is 1. The molecule has 0 aromatic heterocycles. The first-order valence-electron chi connectivity index (χ1n) is 7.02. The molecule has 0 aliphatic rings. The minimum Gasteiger partial charge on any atom is -0.396 e. The summed E-state index contributed by atoms with van der Waals surface area (Å²) in [6, 6.07) is 13.8. The molecule has 22 heavy (non-hydrogen) atoms. The number of nitriles is 2. The molecule has 0 bridgehead atoms. The highest BCUT2D eigenvalue weighted by Gasteiger charge is 2.12. The molecular weight excluding hydrogens is 274 g/mol. The van der Waals surface area contributed by atoms with Crippen LogP contribution in [-0.4, -0.2) is 18.8 Å². The van der Waals surface area contributed by atoms with Crippen LogP contribution in [0.5, 0.6) is 0 Å². The van der Waals surface area contributed by atoms with Crippen LogP contribution in [0.4, 0.5) is 5.69 Å². The Labute approximate surface area is 129 Å². The predicted molar refractivity (Wildman–Crippen MR) is 88.1 cm³/mol. The number of benzene rings is 2. The molecule has 0 unspecified atom stereocenters. The molecular formula is C18H17N3O. The number of aliphatic hydroxyl groups is 1. The number of hydrogen-bond acceptors (Lipinski definition) is 4. The molecule has 0 heterocycles. The Hall–Kier alpha value is -2.82. The van der Waals surface area contributed by atoms with Crippen molar-refractivity contribution in [1.82, 2.24) is 0 Å². The maximum atomic E-state index is 9.06. The van der Waals surface area contributed by atoms with Crippen LogP contribution in [0.15, 0.2) is 35.9 Å². The number of rotatable bonds is 4. The normalized spacial score (nSPS) is 9.86. The van der Waals surface area contributed by atoms with Gasteiger partial charge in [0.15, 0.2) is 0 Å². The van der Waals surface area contributed by atoms with Crippen molar-refractivity contribution >= 4 is 22.0 Å². The van der Waals surface area contributed by atoms with E-state index in [-0.39, 0.29) is 12.2 Å². The minimum absolute atomic E-state index is 0.118. The first kappa shape index (κ1) is 15.6. The first-order chi connectivity index (χ1) is 10.7. The van der Waals surface area contributed by atoms with Crippen LogP contribution in [0.25, 0.3) is 16.3 Å². The summed E-state index contributed by atoms with van der Waals surface area (Å²) in [5.41, 5.74) is 3.60. The number of fused-ring (bicyclic) bond motifs is 1. The highest BCUT2D eigenvalue weighted by Crippen LogP contribution is 2.33. The second-order valence-electron chi connectivity index (χ2n) is 4.99. The second-order valence-corrected chi connectivity index (χ2v) is 4.99. The zero-order valence-corrected chi connectivity index (χ0v) is 12.6. The van der Waals surface area contributed by atoms with Crippen molar-refractivity contribution in [2.75, 3.05) is 19.0 Å². The van der Waals surface area contributed by atoms with Gasteiger partial charge in [0.05, 0.1) is 0 Å². The number of nitrogens with zero attached hydrogens (tertiary/aromatic N) is 2. The van der Waals surface area contributed by atoms with Crippen LogP contribution < -0.4 is 5.32 Å². The lowest BCUT2D eigenvalue weighted by molar-refractivity contribution is 0.299. The lowest BCUT2D eigenvalue weighted by Gasteiger charge is -2.14. The van der Waals surface area contributed by atoms with E-state index in [4.69, 9.17) is 15.6 Å². The van der Waals surface area contributed by atoms with E-state index in [9.17, 15) is 0 Å². The average Bonchev–Trinajstić information content (AvgIpc) is 2.54. The van der Waals surface area contributed by atoms with Crippen molar-refractivity contribution in [2.24, 2.45) is 0 Å². The van der Waals surface area contributed by atoms with E-state index >= 15 is 0 Å². The molecule has 0 spiro atoms. The van der Waals surface area contributed by atoms with Gasteiger partial charge in [-0.2, -0.15) is 10.5 Å². The van der Waals surface area contributed by atoms with E-state index in [2.05, 4.69) is 5.32 Å². The van der Waals surface area contributed by atoms with E-state index in [1.54, 1.807) is 6.92 Å². The van der Waals surface area contributed by atoms with Crippen molar-refractivity contribution in [3.05, 3.63) is 47.0 Å². The van der Waals surface area contributed by atoms with Crippen molar-refractivity contribution in [3.63, 3.8) is 0 Å². The van der Waals surface area contributed by atoms with Gasteiger partial charge in [-0.3, -0.25) is 0 Å². The highest BCUT2D eigenvalue weighted by molar-refractivity contribution is 6.00. The molecule has 0 saturated heterocycles. The van der Waals surface area contributed by atoms with Crippen molar-refractivity contribution < 1.29 is 5.11 Å². The summed E-state index contributed by atoms with van der Waals surface area (Å²) in [5, 5.41) is 32.4. The standard InChI is InChI=1S/C18H17N3O/c1-12(15(10-19)11-20)16-6-4-14-9-13(7-8-22)3-5-17(14)18(16)21-2/h3-6,9,21-22H,7-8H2,1-2H3. The molecule has 2 aromatic carbocycles. The van der Waals surface area contributed by atoms with E-state index in [0.29, 0.717) is 12.0 Å². The van der Waals surface area contributed by atoms with E-state index < -0.39 is 0 Å². The fourth-order valence-electron chi connectivity index (χ4n) is 2.57. The van der Waals surface area contributed by atoms with Gasteiger partial charge in [0.1, 0.15) is 17.7 Å². The molecule has 2 aromatic rings. The smallest absolute Gasteiger partial charge is 0.133 e. The monoisotopic (exact) mass is 291 g/mol. The number of allylic oxidation sites excluding steroid dienone is 2. The zero-order valence-electron chi connectivity index (χ0n) is 12.6. The molecule has 110 valence electrons. The van der Waals surface area contributed by atoms with Gasteiger partial charge in [0.25, 0.3) is 0 Å². The van der Waals surface area contributed by atoms with E-state index in [1.165, 1.54) is 0 Å². The summed E-state index contributed by atoms with van der Waals surface area (Å²) in [5.74, 6) is 0. The topological polar surface area (TPSA) is 79.8 Å². The molecule has 0 radical (unpaired) electrons. The number of aliphatic hydroxyl groups excluding tert-OH is 1. The molecule has 4 nitrogen and oxygen atoms in total. The van der Waals surface area contributed by atoms with E-state index in [0.717, 1.165) is 27.6 Å². The molecule has 0 amide bonds. The molecule has 0 atom stereocenters. The third-order valence-electron chi connectivity index (χ3n) is 3.74. The number of hydrogen-bond donors (Lipinski definition) is 2. The summed E-state index contributed by atoms with van der Waals surface area (Å²) in [6.07, 6.45) is 0.624. The SMILES string of the molecule is CNc1c(C(C)=C(C#N)C#N)ccc2cc(CCO)ccc12. The molecule has 0 aliphatic heterocycles. The summed E-state index contributed by atoms with van der Waals surface area (Å²) in [6.45, 7) is 1.90. The quantitative estimate of drug-likeness (QED) is 0.847. The van der Waals surface area contributed by atoms with Crippen LogP contribution >= 0.6 is 0 Å². The van der Waals surface area contributed by atoms with Gasteiger partial charge in [-0.1, -0.05) is 30.3 Å². The van der Waals surface area contributed by atoms with Crippen LogP contribution in [0.3, 0.4) is 0 Å². The Morgan fingerprint density at radius 2 is 1.91 bits per heavy atom. The Morgan fingerprint density at radius 3 is 2.50 bits per heavy atom. The van der Waals surface area contributed by atoms with Gasteiger partial charge in [-0.15, -0.1) is 0 Å². The fourth-order valence-corrected chi connectivity index (χ4v) is 2.57. The highest BCUT2D eigenvalue weighted by atomic mass is 16.2. The Morgan fingerprint density at radius 1 is 1.18 bits per heavy atom. The third kappa shape index (κ3) is 2.79. The predicted octanol–water partition coefficient (Wildman–Crippen LogP) is 3.24. The summed E-state index contributed by atoms with van der Waals surface area (Å²) < 4.78 is 0. The molecule has 0 fully saturated rings. The second kappa shape index (κ2) is 6.76. The van der Waals surface area contributed by atoms with Gasteiger partial charge in [-0.25, -0.2) is 0 Å². The maximum Gasteiger partial charge on any atom is 0.133 e. The summed E-state index contributed by atoms with van der Waals surface area (Å²) in [4.78, 5) is 0. The van der Waals surface area contributed by atoms with Gasteiger partial charge in [0, 0.05) is 30.3 Å². The van der Waals surface area contributed by atoms with Crippen molar-refractivity contribution in [2.45, 2.75) is 13.3 Å². The van der Waals surface area contributed by atoms with Gasteiger partial charge >= 0.3 is 0 Å². The van der Waals surface area contributed by atoms with Gasteiger partial charge < -0.3 is 10.4 Å². The molecule has 2 rings (SSSR count). The van der Waals surface area contributed by atoms with Crippen LogP contribution in [0.2, 0.25) is 0 Å². The molecule has 0 saturated carbocycles. The zero-order chi connectivity index (χ0) is 16.1. The Bertz CT molecular complexity index is 807. The number of anilines is 1. The molecule has 0 aliphatic carbocycles. The average molecular weight is 291 g/mol. The Kier molecular flexibility index (Phi) is 4.78. The molecule has 4 heteroatoms. The lowest BCUT2D eigenvalue weighted by atomic mass is 9.95. The fraction of sp³-hybridized carbons (Fsp3) is 0.222. The van der Waals surface area contributed by atoms with Crippen molar-refractivity contribution in [1.29, 1.82) is 10.5 Å².